The molecule has 2 N–H and O–H groups in total. The van der Waals surface area contributed by atoms with Crippen LogP contribution in [0.2, 0.25) is 5.15 Å². The normalized spacial score (nSPS) is 12.2. The first kappa shape index (κ1) is 13.5. The second kappa shape index (κ2) is 5.40. The monoisotopic (exact) mass is 280 g/mol. The molecule has 0 aliphatic carbocycles. The molecule has 0 radical (unpaired) electrons. The van der Waals surface area contributed by atoms with Crippen molar-refractivity contribution >= 4 is 23.4 Å². The largest absolute Gasteiger partial charge is 0.368 e. The van der Waals surface area contributed by atoms with Gasteiger partial charge in [0.05, 0.1) is 6.04 Å². The van der Waals surface area contributed by atoms with Crippen LogP contribution in [0.15, 0.2) is 30.3 Å². The molecule has 4 nitrogen and oxygen atoms in total. The van der Waals surface area contributed by atoms with Gasteiger partial charge in [0.1, 0.15) is 16.8 Å². The van der Waals surface area contributed by atoms with Gasteiger partial charge >= 0.3 is 0 Å². The van der Waals surface area contributed by atoms with Crippen LogP contribution < -0.4 is 10.6 Å². The van der Waals surface area contributed by atoms with E-state index in [0.29, 0.717) is 11.4 Å². The molecule has 0 aliphatic rings. The number of hydrogen-bond donors (Lipinski definition) is 1. The molecule has 1 heterocycles. The molecule has 2 rings (SSSR count). The summed E-state index contributed by atoms with van der Waals surface area (Å²) < 4.78 is 13.8. The maximum absolute atomic E-state index is 13.8. The molecule has 6 heteroatoms. The van der Waals surface area contributed by atoms with Gasteiger partial charge in [-0.05, 0) is 13.0 Å². The van der Waals surface area contributed by atoms with E-state index in [0.717, 1.165) is 0 Å². The number of aromatic nitrogens is 2. The van der Waals surface area contributed by atoms with Crippen molar-refractivity contribution in [3.8, 4) is 0 Å². The molecule has 1 aromatic carbocycles. The number of nitrogen functional groups attached to an aromatic ring is 1. The van der Waals surface area contributed by atoms with Crippen molar-refractivity contribution in [3.05, 3.63) is 46.9 Å². The van der Waals surface area contributed by atoms with E-state index in [2.05, 4.69) is 9.97 Å². The van der Waals surface area contributed by atoms with Crippen LogP contribution in [0.25, 0.3) is 0 Å². The van der Waals surface area contributed by atoms with E-state index in [1.165, 1.54) is 6.07 Å². The van der Waals surface area contributed by atoms with Gasteiger partial charge in [-0.25, -0.2) is 9.37 Å². The molecule has 2 aromatic rings. The molecule has 0 bridgehead atoms. The van der Waals surface area contributed by atoms with Crippen molar-refractivity contribution in [2.45, 2.75) is 13.0 Å². The highest BCUT2D eigenvalue weighted by Gasteiger charge is 2.17. The maximum Gasteiger partial charge on any atom is 0.223 e. The summed E-state index contributed by atoms with van der Waals surface area (Å²) in [4.78, 5) is 9.69. The Kier molecular flexibility index (Phi) is 3.85. The third-order valence-electron chi connectivity index (χ3n) is 3.00. The molecule has 1 atom stereocenters. The van der Waals surface area contributed by atoms with Crippen LogP contribution in [-0.2, 0) is 0 Å². The fourth-order valence-corrected chi connectivity index (χ4v) is 2.01. The number of rotatable bonds is 3. The van der Waals surface area contributed by atoms with Crippen molar-refractivity contribution in [1.82, 2.24) is 9.97 Å². The average molecular weight is 281 g/mol. The predicted molar refractivity (Wildman–Crippen MR) is 74.7 cm³/mol. The zero-order valence-electron chi connectivity index (χ0n) is 10.6. The molecule has 0 aliphatic heterocycles. The lowest BCUT2D eigenvalue weighted by Crippen LogP contribution is -2.24. The number of nitrogens with two attached hydrogens (primary N) is 1. The lowest BCUT2D eigenvalue weighted by molar-refractivity contribution is 0.584. The Bertz CT molecular complexity index is 570. The van der Waals surface area contributed by atoms with Crippen molar-refractivity contribution in [1.29, 1.82) is 0 Å². The summed E-state index contributed by atoms with van der Waals surface area (Å²) in [5.41, 5.74) is 6.14. The van der Waals surface area contributed by atoms with E-state index < -0.39 is 0 Å². The number of hydrogen-bond acceptors (Lipinski definition) is 4. The number of halogens is 2. The van der Waals surface area contributed by atoms with E-state index in [-0.39, 0.29) is 23.0 Å². The van der Waals surface area contributed by atoms with E-state index in [9.17, 15) is 4.39 Å². The molecule has 0 saturated heterocycles. The molecular weight excluding hydrogens is 267 g/mol. The Morgan fingerprint density at radius 1 is 1.32 bits per heavy atom. The van der Waals surface area contributed by atoms with Gasteiger partial charge < -0.3 is 10.6 Å². The van der Waals surface area contributed by atoms with Crippen LogP contribution >= 0.6 is 11.6 Å². The molecular formula is C13H14ClFN4. The predicted octanol–water partition coefficient (Wildman–Crippen LogP) is 3.05. The summed E-state index contributed by atoms with van der Waals surface area (Å²) >= 11 is 5.84. The van der Waals surface area contributed by atoms with Gasteiger partial charge in [-0.1, -0.05) is 29.8 Å². The van der Waals surface area contributed by atoms with Crippen LogP contribution in [0.3, 0.4) is 0 Å². The Morgan fingerprint density at radius 3 is 2.63 bits per heavy atom. The number of anilines is 2. The summed E-state index contributed by atoms with van der Waals surface area (Å²) in [6.45, 7) is 1.88. The quantitative estimate of drug-likeness (QED) is 0.878. The Balaban J connectivity index is 2.33. The molecule has 1 aromatic heterocycles. The SMILES string of the molecule is CC(c1ccccc1F)N(C)c1cc(Cl)nc(N)n1. The molecule has 19 heavy (non-hydrogen) atoms. The molecule has 0 amide bonds. The number of nitrogens with zero attached hydrogens (tertiary/aromatic N) is 3. The van der Waals surface area contributed by atoms with Gasteiger partial charge in [0.2, 0.25) is 5.95 Å². The summed E-state index contributed by atoms with van der Waals surface area (Å²) in [6.07, 6.45) is 0. The first-order chi connectivity index (χ1) is 8.99. The Morgan fingerprint density at radius 2 is 2.00 bits per heavy atom. The van der Waals surface area contributed by atoms with Gasteiger partial charge in [-0.15, -0.1) is 0 Å². The Labute approximate surface area is 116 Å². The van der Waals surface area contributed by atoms with E-state index >= 15 is 0 Å². The van der Waals surface area contributed by atoms with Gasteiger partial charge in [0.25, 0.3) is 0 Å². The fourth-order valence-electron chi connectivity index (χ4n) is 1.82. The highest BCUT2D eigenvalue weighted by Crippen LogP contribution is 2.27. The van der Waals surface area contributed by atoms with Crippen molar-refractivity contribution in [2.75, 3.05) is 17.7 Å². The molecule has 0 fully saturated rings. The zero-order chi connectivity index (χ0) is 14.0. The number of benzene rings is 1. The van der Waals surface area contributed by atoms with Crippen LogP contribution in [0.5, 0.6) is 0 Å². The van der Waals surface area contributed by atoms with E-state index in [4.69, 9.17) is 17.3 Å². The minimum absolute atomic E-state index is 0.0927. The second-order valence-corrected chi connectivity index (χ2v) is 4.60. The highest BCUT2D eigenvalue weighted by atomic mass is 35.5. The van der Waals surface area contributed by atoms with Gasteiger partial charge in [0.15, 0.2) is 0 Å². The molecule has 100 valence electrons. The van der Waals surface area contributed by atoms with Gasteiger partial charge in [0, 0.05) is 18.7 Å². The average Bonchev–Trinajstić information content (AvgIpc) is 2.36. The zero-order valence-corrected chi connectivity index (χ0v) is 11.4. The minimum Gasteiger partial charge on any atom is -0.368 e. The summed E-state index contributed by atoms with van der Waals surface area (Å²) in [5, 5.41) is 0.259. The van der Waals surface area contributed by atoms with E-state index in [1.807, 2.05) is 6.92 Å². The molecule has 1 unspecified atom stereocenters. The standard InChI is InChI=1S/C13H14ClFN4/c1-8(9-5-3-4-6-10(9)15)19(2)12-7-11(14)17-13(16)18-12/h3-8H,1-2H3,(H2,16,17,18). The maximum atomic E-state index is 13.8. The Hall–Kier alpha value is -1.88. The van der Waals surface area contributed by atoms with Crippen LogP contribution in [-0.4, -0.2) is 17.0 Å². The van der Waals surface area contributed by atoms with Crippen LogP contribution in [0.4, 0.5) is 16.2 Å². The van der Waals surface area contributed by atoms with Crippen LogP contribution in [0.1, 0.15) is 18.5 Å². The summed E-state index contributed by atoms with van der Waals surface area (Å²) in [7, 11) is 1.80. The lowest BCUT2D eigenvalue weighted by atomic mass is 10.1. The van der Waals surface area contributed by atoms with Crippen molar-refractivity contribution in [3.63, 3.8) is 0 Å². The third-order valence-corrected chi connectivity index (χ3v) is 3.19. The highest BCUT2D eigenvalue weighted by molar-refractivity contribution is 6.29. The first-order valence-corrected chi connectivity index (χ1v) is 6.14. The first-order valence-electron chi connectivity index (χ1n) is 5.76. The van der Waals surface area contributed by atoms with Crippen LogP contribution in [0, 0.1) is 5.82 Å². The van der Waals surface area contributed by atoms with E-state index in [1.54, 1.807) is 36.2 Å². The topological polar surface area (TPSA) is 55.0 Å². The van der Waals surface area contributed by atoms with Crippen molar-refractivity contribution < 1.29 is 4.39 Å². The van der Waals surface area contributed by atoms with Gasteiger partial charge in [-0.3, -0.25) is 0 Å². The molecule has 0 saturated carbocycles. The lowest BCUT2D eigenvalue weighted by Gasteiger charge is -2.26. The minimum atomic E-state index is -0.255. The smallest absolute Gasteiger partial charge is 0.223 e. The molecule has 0 spiro atoms. The van der Waals surface area contributed by atoms with Gasteiger partial charge in [-0.2, -0.15) is 4.98 Å². The third kappa shape index (κ3) is 2.93. The summed E-state index contributed by atoms with van der Waals surface area (Å²) in [5.74, 6) is 0.387. The van der Waals surface area contributed by atoms with Crippen molar-refractivity contribution in [2.24, 2.45) is 0 Å². The summed E-state index contributed by atoms with van der Waals surface area (Å²) in [6, 6.07) is 8.01. The fraction of sp³-hybridized carbons (Fsp3) is 0.231. The second-order valence-electron chi connectivity index (χ2n) is 4.22.